The Morgan fingerprint density at radius 3 is 2.56 bits per heavy atom. The van der Waals surface area contributed by atoms with Gasteiger partial charge in [-0.1, -0.05) is 0 Å². The topological polar surface area (TPSA) is 36.0 Å². The summed E-state index contributed by atoms with van der Waals surface area (Å²) in [7, 11) is 4.11. The zero-order valence-electron chi connectivity index (χ0n) is 15.0. The molecule has 1 aromatic carbocycles. The van der Waals surface area contributed by atoms with Gasteiger partial charge in [0.15, 0.2) is 11.6 Å². The molecule has 0 saturated carbocycles. The molecule has 1 saturated heterocycles. The minimum atomic E-state index is -0.722. The lowest BCUT2D eigenvalue weighted by molar-refractivity contribution is -0.133. The van der Waals surface area contributed by atoms with Crippen molar-refractivity contribution in [2.45, 2.75) is 12.8 Å². The van der Waals surface area contributed by atoms with Crippen LogP contribution in [-0.4, -0.2) is 80.6 Å². The van der Waals surface area contributed by atoms with E-state index in [2.05, 4.69) is 23.9 Å². The SMILES string of the molecule is CN(C)CCN1CCN(C(=O)CCCOc2ccc(F)cc2F)CC1. The minimum Gasteiger partial charge on any atom is -0.491 e. The highest BCUT2D eigenvalue weighted by molar-refractivity contribution is 5.76. The summed E-state index contributed by atoms with van der Waals surface area (Å²) in [5, 5.41) is 0. The number of ether oxygens (including phenoxy) is 1. The fraction of sp³-hybridized carbons (Fsp3) is 0.611. The van der Waals surface area contributed by atoms with Crippen molar-refractivity contribution >= 4 is 5.91 Å². The van der Waals surface area contributed by atoms with E-state index in [0.717, 1.165) is 51.4 Å². The van der Waals surface area contributed by atoms with Crippen molar-refractivity contribution in [1.29, 1.82) is 0 Å². The summed E-state index contributed by atoms with van der Waals surface area (Å²) < 4.78 is 31.5. The van der Waals surface area contributed by atoms with Crippen molar-refractivity contribution in [1.82, 2.24) is 14.7 Å². The zero-order valence-corrected chi connectivity index (χ0v) is 15.0. The van der Waals surface area contributed by atoms with Crippen molar-refractivity contribution in [3.63, 3.8) is 0 Å². The summed E-state index contributed by atoms with van der Waals surface area (Å²) in [4.78, 5) is 18.6. The Hall–Kier alpha value is -1.73. The molecule has 5 nitrogen and oxygen atoms in total. The number of nitrogens with zero attached hydrogens (tertiary/aromatic N) is 3. The maximum Gasteiger partial charge on any atom is 0.222 e. The highest BCUT2D eigenvalue weighted by Gasteiger charge is 2.20. The first-order valence-corrected chi connectivity index (χ1v) is 8.68. The smallest absolute Gasteiger partial charge is 0.222 e. The van der Waals surface area contributed by atoms with Crippen molar-refractivity contribution in [2.24, 2.45) is 0 Å². The summed E-state index contributed by atoms with van der Waals surface area (Å²) in [6, 6.07) is 3.20. The van der Waals surface area contributed by atoms with E-state index in [1.165, 1.54) is 6.07 Å². The van der Waals surface area contributed by atoms with Gasteiger partial charge in [0.1, 0.15) is 5.82 Å². The van der Waals surface area contributed by atoms with Crippen LogP contribution in [0.1, 0.15) is 12.8 Å². The lowest BCUT2D eigenvalue weighted by atomic mass is 10.2. The molecular formula is C18H27F2N3O2. The molecular weight excluding hydrogens is 328 g/mol. The molecule has 25 heavy (non-hydrogen) atoms. The Labute approximate surface area is 148 Å². The third kappa shape index (κ3) is 6.59. The van der Waals surface area contributed by atoms with Crippen LogP contribution in [0.2, 0.25) is 0 Å². The zero-order chi connectivity index (χ0) is 18.2. The maximum absolute atomic E-state index is 13.4. The minimum absolute atomic E-state index is 0.0170. The second kappa shape index (κ2) is 9.68. The highest BCUT2D eigenvalue weighted by atomic mass is 19.1. The first-order chi connectivity index (χ1) is 12.0. The van der Waals surface area contributed by atoms with E-state index in [1.54, 1.807) is 0 Å². The second-order valence-electron chi connectivity index (χ2n) is 6.55. The Bertz CT molecular complexity index is 561. The first-order valence-electron chi connectivity index (χ1n) is 8.68. The fourth-order valence-electron chi connectivity index (χ4n) is 2.72. The van der Waals surface area contributed by atoms with Gasteiger partial charge in [0.05, 0.1) is 6.61 Å². The standard InChI is InChI=1S/C18H27F2N3O2/c1-21(2)7-8-22-9-11-23(12-10-22)18(24)4-3-13-25-17-6-5-15(19)14-16(17)20/h5-6,14H,3-4,7-13H2,1-2H3. The lowest BCUT2D eigenvalue weighted by Crippen LogP contribution is -2.49. The van der Waals surface area contributed by atoms with Crippen LogP contribution in [0.15, 0.2) is 18.2 Å². The molecule has 0 radical (unpaired) electrons. The van der Waals surface area contributed by atoms with Crippen molar-refractivity contribution in [3.05, 3.63) is 29.8 Å². The van der Waals surface area contributed by atoms with Crippen LogP contribution < -0.4 is 4.74 Å². The van der Waals surface area contributed by atoms with Crippen molar-refractivity contribution < 1.29 is 18.3 Å². The molecule has 1 heterocycles. The number of benzene rings is 1. The molecule has 0 bridgehead atoms. The summed E-state index contributed by atoms with van der Waals surface area (Å²) in [5.74, 6) is -1.23. The van der Waals surface area contributed by atoms with Crippen LogP contribution in [0.4, 0.5) is 8.78 Å². The normalized spacial score (nSPS) is 15.6. The molecule has 7 heteroatoms. The van der Waals surface area contributed by atoms with Gasteiger partial charge in [-0.05, 0) is 32.6 Å². The van der Waals surface area contributed by atoms with Gasteiger partial charge < -0.3 is 14.5 Å². The van der Waals surface area contributed by atoms with Crippen LogP contribution in [-0.2, 0) is 4.79 Å². The Kier molecular flexibility index (Phi) is 7.58. The molecule has 2 rings (SSSR count). The predicted octanol–water partition coefficient (Wildman–Crippen LogP) is 1.83. The lowest BCUT2D eigenvalue weighted by Gasteiger charge is -2.35. The molecule has 140 valence electrons. The molecule has 1 aliphatic rings. The van der Waals surface area contributed by atoms with Gasteiger partial charge in [-0.15, -0.1) is 0 Å². The van der Waals surface area contributed by atoms with Crippen molar-refractivity contribution in [2.75, 3.05) is 60.0 Å². The molecule has 0 N–H and O–H groups in total. The van der Waals surface area contributed by atoms with E-state index in [4.69, 9.17) is 4.74 Å². The van der Waals surface area contributed by atoms with Gasteiger partial charge in [-0.2, -0.15) is 0 Å². The number of hydrogen-bond donors (Lipinski definition) is 0. The van der Waals surface area contributed by atoms with Gasteiger partial charge in [0, 0.05) is 51.8 Å². The quantitative estimate of drug-likeness (QED) is 0.667. The van der Waals surface area contributed by atoms with E-state index in [0.29, 0.717) is 12.8 Å². The third-order valence-electron chi connectivity index (χ3n) is 4.27. The Morgan fingerprint density at radius 2 is 1.92 bits per heavy atom. The van der Waals surface area contributed by atoms with E-state index >= 15 is 0 Å². The van der Waals surface area contributed by atoms with E-state index in [9.17, 15) is 13.6 Å². The van der Waals surface area contributed by atoms with Crippen LogP contribution in [0.25, 0.3) is 0 Å². The average Bonchev–Trinajstić information content (AvgIpc) is 2.58. The second-order valence-corrected chi connectivity index (χ2v) is 6.55. The summed E-state index contributed by atoms with van der Waals surface area (Å²) in [5.41, 5.74) is 0. The van der Waals surface area contributed by atoms with Crippen molar-refractivity contribution in [3.8, 4) is 5.75 Å². The molecule has 1 amide bonds. The summed E-state index contributed by atoms with van der Waals surface area (Å²) >= 11 is 0. The molecule has 1 aromatic rings. The van der Waals surface area contributed by atoms with Crippen LogP contribution in [0.5, 0.6) is 5.75 Å². The van der Waals surface area contributed by atoms with Crippen LogP contribution in [0.3, 0.4) is 0 Å². The van der Waals surface area contributed by atoms with E-state index in [-0.39, 0.29) is 18.3 Å². The summed E-state index contributed by atoms with van der Waals surface area (Å²) in [6.07, 6.45) is 0.886. The van der Waals surface area contributed by atoms with Crippen LogP contribution >= 0.6 is 0 Å². The fourth-order valence-corrected chi connectivity index (χ4v) is 2.72. The van der Waals surface area contributed by atoms with Gasteiger partial charge >= 0.3 is 0 Å². The Morgan fingerprint density at radius 1 is 1.20 bits per heavy atom. The molecule has 0 aromatic heterocycles. The molecule has 1 fully saturated rings. The number of hydrogen-bond acceptors (Lipinski definition) is 4. The number of carbonyl (C=O) groups excluding carboxylic acids is 1. The third-order valence-corrected chi connectivity index (χ3v) is 4.27. The van der Waals surface area contributed by atoms with Crippen LogP contribution in [0, 0.1) is 11.6 Å². The maximum atomic E-state index is 13.4. The number of amides is 1. The molecule has 0 spiro atoms. The number of piperazine rings is 1. The monoisotopic (exact) mass is 355 g/mol. The molecule has 0 atom stereocenters. The van der Waals surface area contributed by atoms with E-state index in [1.807, 2.05) is 4.90 Å². The average molecular weight is 355 g/mol. The molecule has 0 aliphatic carbocycles. The predicted molar refractivity (Wildman–Crippen MR) is 92.7 cm³/mol. The number of rotatable bonds is 8. The highest BCUT2D eigenvalue weighted by Crippen LogP contribution is 2.18. The van der Waals surface area contributed by atoms with Gasteiger partial charge in [0.2, 0.25) is 5.91 Å². The number of carbonyl (C=O) groups is 1. The molecule has 1 aliphatic heterocycles. The Balaban J connectivity index is 1.63. The number of halogens is 2. The van der Waals surface area contributed by atoms with Gasteiger partial charge in [-0.25, -0.2) is 8.78 Å². The first kappa shape index (κ1) is 19.6. The molecule has 0 unspecified atom stereocenters. The largest absolute Gasteiger partial charge is 0.491 e. The van der Waals surface area contributed by atoms with Gasteiger partial charge in [0.25, 0.3) is 0 Å². The van der Waals surface area contributed by atoms with Gasteiger partial charge in [-0.3, -0.25) is 9.69 Å². The summed E-state index contributed by atoms with van der Waals surface area (Å²) in [6.45, 7) is 5.57. The van der Waals surface area contributed by atoms with E-state index < -0.39 is 11.6 Å². The number of likely N-dealkylation sites (N-methyl/N-ethyl adjacent to an activating group) is 1.